The number of halogens is 2. The number of hydrogen-bond acceptors (Lipinski definition) is 2. The molecule has 0 spiro atoms. The monoisotopic (exact) mass is 291 g/mol. The molecule has 0 heterocycles. The largest absolute Gasteiger partial charge is 0.457 e. The van der Waals surface area contributed by atoms with E-state index in [0.29, 0.717) is 12.3 Å². The van der Waals surface area contributed by atoms with E-state index in [1.807, 2.05) is 18.2 Å². The molecule has 0 aliphatic carbocycles. The second kappa shape index (κ2) is 6.22. The van der Waals surface area contributed by atoms with Gasteiger partial charge in [-0.1, -0.05) is 18.2 Å². The van der Waals surface area contributed by atoms with Gasteiger partial charge in [0.1, 0.15) is 11.5 Å². The summed E-state index contributed by atoms with van der Waals surface area (Å²) in [5.41, 5.74) is 0.937. The summed E-state index contributed by atoms with van der Waals surface area (Å²) in [5.74, 6) is -0.903. The lowest BCUT2D eigenvalue weighted by atomic mass is 10.1. The number of hydrogen-bond donors (Lipinski definition) is 1. The molecule has 2 aromatic rings. The van der Waals surface area contributed by atoms with Crippen LogP contribution >= 0.6 is 0 Å². The van der Waals surface area contributed by atoms with Crippen LogP contribution < -0.4 is 10.1 Å². The maximum Gasteiger partial charge on any atom is 0.162 e. The van der Waals surface area contributed by atoms with Crippen molar-refractivity contribution in [3.05, 3.63) is 59.7 Å². The van der Waals surface area contributed by atoms with Crippen molar-refractivity contribution in [2.24, 2.45) is 0 Å². The number of para-hydroxylation sites is 1. The van der Waals surface area contributed by atoms with Crippen molar-refractivity contribution in [2.75, 3.05) is 0 Å². The third-order valence-electron chi connectivity index (χ3n) is 2.90. The lowest BCUT2D eigenvalue weighted by molar-refractivity contribution is 0.413. The van der Waals surface area contributed by atoms with Gasteiger partial charge in [-0.3, -0.25) is 0 Å². The summed E-state index contributed by atoms with van der Waals surface area (Å²) in [6.07, 6.45) is 0. The van der Waals surface area contributed by atoms with E-state index in [1.54, 1.807) is 6.07 Å². The Bertz CT molecular complexity index is 620. The highest BCUT2D eigenvalue weighted by Crippen LogP contribution is 2.26. The van der Waals surface area contributed by atoms with Crippen LogP contribution in [0, 0.1) is 11.6 Å². The first-order valence-corrected chi connectivity index (χ1v) is 6.81. The minimum atomic E-state index is -0.919. The van der Waals surface area contributed by atoms with E-state index in [2.05, 4.69) is 26.1 Å². The Morgan fingerprint density at radius 1 is 1.00 bits per heavy atom. The van der Waals surface area contributed by atoms with Crippen molar-refractivity contribution >= 4 is 0 Å². The van der Waals surface area contributed by atoms with Gasteiger partial charge in [-0.2, -0.15) is 0 Å². The first-order chi connectivity index (χ1) is 9.85. The maximum absolute atomic E-state index is 13.2. The molecule has 0 saturated carbocycles. The Kier molecular flexibility index (Phi) is 4.58. The van der Waals surface area contributed by atoms with Crippen molar-refractivity contribution in [1.82, 2.24) is 5.32 Å². The second-order valence-corrected chi connectivity index (χ2v) is 5.89. The molecule has 0 saturated heterocycles. The van der Waals surface area contributed by atoms with Crippen LogP contribution in [0.25, 0.3) is 0 Å². The molecule has 0 aliphatic heterocycles. The van der Waals surface area contributed by atoms with Gasteiger partial charge in [-0.05, 0) is 39.0 Å². The van der Waals surface area contributed by atoms with Crippen LogP contribution in [0.5, 0.6) is 11.5 Å². The van der Waals surface area contributed by atoms with Crippen molar-refractivity contribution in [3.63, 3.8) is 0 Å². The van der Waals surface area contributed by atoms with Gasteiger partial charge >= 0.3 is 0 Å². The van der Waals surface area contributed by atoms with Crippen LogP contribution in [-0.4, -0.2) is 5.54 Å². The molecule has 0 bridgehead atoms. The highest BCUT2D eigenvalue weighted by Gasteiger charge is 2.11. The van der Waals surface area contributed by atoms with Crippen molar-refractivity contribution in [1.29, 1.82) is 0 Å². The fraction of sp³-hybridized carbons (Fsp3) is 0.294. The van der Waals surface area contributed by atoms with Gasteiger partial charge in [0.25, 0.3) is 0 Å². The highest BCUT2D eigenvalue weighted by atomic mass is 19.2. The average Bonchev–Trinajstić information content (AvgIpc) is 2.41. The molecule has 0 atom stereocenters. The molecule has 0 unspecified atom stereocenters. The lowest BCUT2D eigenvalue weighted by Crippen LogP contribution is -2.35. The van der Waals surface area contributed by atoms with Crippen LogP contribution in [-0.2, 0) is 6.54 Å². The number of nitrogens with one attached hydrogen (secondary N) is 1. The van der Waals surface area contributed by atoms with Gasteiger partial charge in [0.05, 0.1) is 0 Å². The molecule has 2 rings (SSSR count). The Hall–Kier alpha value is -1.94. The van der Waals surface area contributed by atoms with E-state index in [1.165, 1.54) is 6.07 Å². The Balaban J connectivity index is 2.17. The summed E-state index contributed by atoms with van der Waals surface area (Å²) in [6.45, 7) is 6.85. The molecular formula is C17H19F2NO. The zero-order valence-electron chi connectivity index (χ0n) is 12.4. The van der Waals surface area contributed by atoms with E-state index >= 15 is 0 Å². The molecule has 1 N–H and O–H groups in total. The minimum Gasteiger partial charge on any atom is -0.457 e. The van der Waals surface area contributed by atoms with Crippen molar-refractivity contribution in [2.45, 2.75) is 32.9 Å². The topological polar surface area (TPSA) is 21.3 Å². The zero-order chi connectivity index (χ0) is 15.5. The second-order valence-electron chi connectivity index (χ2n) is 5.89. The number of benzene rings is 2. The van der Waals surface area contributed by atoms with Crippen molar-refractivity contribution in [3.8, 4) is 11.5 Å². The Labute approximate surface area is 123 Å². The van der Waals surface area contributed by atoms with Gasteiger partial charge in [0, 0.05) is 23.7 Å². The standard InChI is InChI=1S/C17H19F2NO/c1-17(2,3)20-11-12-6-4-5-7-16(12)21-13-8-9-14(18)15(19)10-13/h4-10,20H,11H2,1-3H3. The van der Waals surface area contributed by atoms with Gasteiger partial charge < -0.3 is 10.1 Å². The molecule has 0 amide bonds. The predicted molar refractivity (Wildman–Crippen MR) is 79.5 cm³/mol. The molecule has 0 aliphatic rings. The Morgan fingerprint density at radius 2 is 1.71 bits per heavy atom. The fourth-order valence-corrected chi connectivity index (χ4v) is 1.78. The van der Waals surface area contributed by atoms with E-state index < -0.39 is 11.6 Å². The van der Waals surface area contributed by atoms with Crippen LogP contribution in [0.1, 0.15) is 26.3 Å². The third kappa shape index (κ3) is 4.53. The number of ether oxygens (including phenoxy) is 1. The van der Waals surface area contributed by atoms with E-state index in [0.717, 1.165) is 17.7 Å². The summed E-state index contributed by atoms with van der Waals surface area (Å²) in [7, 11) is 0. The maximum atomic E-state index is 13.2. The van der Waals surface area contributed by atoms with E-state index in [4.69, 9.17) is 4.74 Å². The quantitative estimate of drug-likeness (QED) is 0.885. The molecule has 0 fully saturated rings. The molecule has 21 heavy (non-hydrogen) atoms. The van der Waals surface area contributed by atoms with Crippen LogP contribution in [0.4, 0.5) is 8.78 Å². The minimum absolute atomic E-state index is 0.0188. The summed E-state index contributed by atoms with van der Waals surface area (Å²) in [4.78, 5) is 0. The molecule has 0 radical (unpaired) electrons. The lowest BCUT2D eigenvalue weighted by Gasteiger charge is -2.21. The van der Waals surface area contributed by atoms with Gasteiger partial charge in [0.15, 0.2) is 11.6 Å². The summed E-state index contributed by atoms with van der Waals surface area (Å²) in [6, 6.07) is 11.0. The first kappa shape index (κ1) is 15.4. The predicted octanol–water partition coefficient (Wildman–Crippen LogP) is 4.65. The normalized spacial score (nSPS) is 11.5. The third-order valence-corrected chi connectivity index (χ3v) is 2.90. The highest BCUT2D eigenvalue weighted by molar-refractivity contribution is 5.38. The van der Waals surface area contributed by atoms with Gasteiger partial charge in [-0.25, -0.2) is 8.78 Å². The smallest absolute Gasteiger partial charge is 0.162 e. The van der Waals surface area contributed by atoms with Gasteiger partial charge in [-0.15, -0.1) is 0 Å². The summed E-state index contributed by atoms with van der Waals surface area (Å²) >= 11 is 0. The molecule has 112 valence electrons. The SMILES string of the molecule is CC(C)(C)NCc1ccccc1Oc1ccc(F)c(F)c1. The molecular weight excluding hydrogens is 272 g/mol. The summed E-state index contributed by atoms with van der Waals surface area (Å²) < 4.78 is 31.8. The fourth-order valence-electron chi connectivity index (χ4n) is 1.78. The molecule has 0 aromatic heterocycles. The van der Waals surface area contributed by atoms with E-state index in [9.17, 15) is 8.78 Å². The van der Waals surface area contributed by atoms with Gasteiger partial charge in [0.2, 0.25) is 0 Å². The average molecular weight is 291 g/mol. The van der Waals surface area contributed by atoms with Crippen LogP contribution in [0.2, 0.25) is 0 Å². The van der Waals surface area contributed by atoms with Crippen molar-refractivity contribution < 1.29 is 13.5 Å². The summed E-state index contributed by atoms with van der Waals surface area (Å²) in [5, 5.41) is 3.37. The zero-order valence-corrected chi connectivity index (χ0v) is 12.4. The van der Waals surface area contributed by atoms with Crippen LogP contribution in [0.15, 0.2) is 42.5 Å². The first-order valence-electron chi connectivity index (χ1n) is 6.81. The number of rotatable bonds is 4. The molecule has 4 heteroatoms. The van der Waals surface area contributed by atoms with E-state index in [-0.39, 0.29) is 11.3 Å². The molecule has 2 nitrogen and oxygen atoms in total. The molecule has 2 aromatic carbocycles. The van der Waals surface area contributed by atoms with Crippen LogP contribution in [0.3, 0.4) is 0 Å². The Morgan fingerprint density at radius 3 is 2.38 bits per heavy atom.